The molecule has 1 aromatic rings. The van der Waals surface area contributed by atoms with Crippen molar-refractivity contribution < 1.29 is 9.47 Å². The van der Waals surface area contributed by atoms with E-state index in [-0.39, 0.29) is 0 Å². The van der Waals surface area contributed by atoms with Crippen molar-refractivity contribution >= 4 is 0 Å². The second-order valence-electron chi connectivity index (χ2n) is 4.80. The minimum Gasteiger partial charge on any atom is -0.491 e. The smallest absolute Gasteiger partial charge is 0.122 e. The van der Waals surface area contributed by atoms with Crippen LogP contribution in [0, 0.1) is 0 Å². The Morgan fingerprint density at radius 2 is 2.11 bits per heavy atom. The van der Waals surface area contributed by atoms with Crippen LogP contribution in [0.25, 0.3) is 0 Å². The zero-order valence-electron chi connectivity index (χ0n) is 11.2. The van der Waals surface area contributed by atoms with Crippen LogP contribution >= 0.6 is 0 Å². The summed E-state index contributed by atoms with van der Waals surface area (Å²) in [6.07, 6.45) is 4.97. The van der Waals surface area contributed by atoms with Gasteiger partial charge in [0.25, 0.3) is 0 Å². The Hall–Kier alpha value is -1.06. The number of rotatable bonds is 6. The second kappa shape index (κ2) is 7.39. The summed E-state index contributed by atoms with van der Waals surface area (Å²) in [4.78, 5) is 0. The summed E-state index contributed by atoms with van der Waals surface area (Å²) in [6.45, 7) is 2.40. The summed E-state index contributed by atoms with van der Waals surface area (Å²) in [5, 5.41) is 3.58. The zero-order valence-corrected chi connectivity index (χ0v) is 11.2. The fourth-order valence-corrected chi connectivity index (χ4v) is 2.41. The van der Waals surface area contributed by atoms with Crippen LogP contribution in [0.5, 0.6) is 5.75 Å². The van der Waals surface area contributed by atoms with Gasteiger partial charge in [-0.15, -0.1) is 0 Å². The third-order valence-corrected chi connectivity index (χ3v) is 3.40. The van der Waals surface area contributed by atoms with E-state index in [0.717, 1.165) is 18.7 Å². The first-order chi connectivity index (χ1) is 8.90. The fourth-order valence-electron chi connectivity index (χ4n) is 2.41. The molecule has 0 amide bonds. The monoisotopic (exact) mass is 249 g/mol. The summed E-state index contributed by atoms with van der Waals surface area (Å²) >= 11 is 0. The Balaban J connectivity index is 1.93. The molecule has 1 aliphatic rings. The minimum absolute atomic E-state index is 0.603. The van der Waals surface area contributed by atoms with E-state index in [2.05, 4.69) is 17.4 Å². The molecular weight excluding hydrogens is 226 g/mol. The molecule has 1 atom stereocenters. The van der Waals surface area contributed by atoms with Gasteiger partial charge in [-0.25, -0.2) is 0 Å². The molecule has 1 N–H and O–H groups in total. The number of piperidine rings is 1. The zero-order chi connectivity index (χ0) is 12.6. The maximum atomic E-state index is 5.77. The number of methoxy groups -OCH3 is 1. The molecule has 1 aromatic carbocycles. The van der Waals surface area contributed by atoms with Crippen molar-refractivity contribution in [2.75, 3.05) is 26.9 Å². The van der Waals surface area contributed by atoms with Gasteiger partial charge in [0.1, 0.15) is 12.4 Å². The Labute approximate surface area is 109 Å². The Morgan fingerprint density at radius 1 is 1.22 bits per heavy atom. The normalized spacial score (nSPS) is 19.7. The van der Waals surface area contributed by atoms with E-state index in [1.165, 1.54) is 24.8 Å². The van der Waals surface area contributed by atoms with Crippen molar-refractivity contribution in [3.05, 3.63) is 29.8 Å². The molecule has 3 nitrogen and oxygen atoms in total. The predicted octanol–water partition coefficient (Wildman–Crippen LogP) is 2.40. The fraction of sp³-hybridized carbons (Fsp3) is 0.600. The van der Waals surface area contributed by atoms with Crippen LogP contribution in [-0.4, -0.2) is 32.9 Å². The molecule has 1 saturated heterocycles. The number of para-hydroxylation sites is 1. The quantitative estimate of drug-likeness (QED) is 0.785. The number of nitrogens with one attached hydrogen (secondary N) is 1. The van der Waals surface area contributed by atoms with Gasteiger partial charge < -0.3 is 14.8 Å². The van der Waals surface area contributed by atoms with Crippen LogP contribution in [0.1, 0.15) is 24.8 Å². The third kappa shape index (κ3) is 4.00. The van der Waals surface area contributed by atoms with Gasteiger partial charge in [-0.1, -0.05) is 24.6 Å². The first kappa shape index (κ1) is 13.4. The molecule has 1 heterocycles. The van der Waals surface area contributed by atoms with E-state index in [9.17, 15) is 0 Å². The molecule has 0 aliphatic carbocycles. The lowest BCUT2D eigenvalue weighted by molar-refractivity contribution is 0.145. The number of hydrogen-bond acceptors (Lipinski definition) is 3. The lowest BCUT2D eigenvalue weighted by Gasteiger charge is -2.24. The average Bonchev–Trinajstić information content (AvgIpc) is 2.42. The molecule has 0 bridgehead atoms. The second-order valence-corrected chi connectivity index (χ2v) is 4.80. The van der Waals surface area contributed by atoms with Gasteiger partial charge in [0, 0.05) is 13.2 Å². The average molecular weight is 249 g/mol. The van der Waals surface area contributed by atoms with E-state index in [4.69, 9.17) is 9.47 Å². The van der Waals surface area contributed by atoms with Crippen molar-refractivity contribution in [2.24, 2.45) is 0 Å². The van der Waals surface area contributed by atoms with E-state index < -0.39 is 0 Å². The van der Waals surface area contributed by atoms with Crippen LogP contribution in [0.2, 0.25) is 0 Å². The Bertz CT molecular complexity index is 348. The van der Waals surface area contributed by atoms with Gasteiger partial charge >= 0.3 is 0 Å². The molecule has 18 heavy (non-hydrogen) atoms. The SMILES string of the molecule is COCCOc1ccccc1CC1CCCCN1. The van der Waals surface area contributed by atoms with Crippen molar-refractivity contribution in [1.29, 1.82) is 0 Å². The van der Waals surface area contributed by atoms with Gasteiger partial charge in [-0.05, 0) is 37.4 Å². The predicted molar refractivity (Wildman–Crippen MR) is 73.2 cm³/mol. The first-order valence-electron chi connectivity index (χ1n) is 6.83. The Morgan fingerprint density at radius 3 is 2.89 bits per heavy atom. The summed E-state index contributed by atoms with van der Waals surface area (Å²) in [5.41, 5.74) is 1.30. The van der Waals surface area contributed by atoms with Gasteiger partial charge in [0.15, 0.2) is 0 Å². The van der Waals surface area contributed by atoms with Crippen molar-refractivity contribution in [3.63, 3.8) is 0 Å². The molecule has 0 saturated carbocycles. The molecule has 1 fully saturated rings. The van der Waals surface area contributed by atoms with Crippen LogP contribution in [0.4, 0.5) is 0 Å². The lowest BCUT2D eigenvalue weighted by atomic mass is 9.97. The number of benzene rings is 1. The summed E-state index contributed by atoms with van der Waals surface area (Å²) < 4.78 is 10.8. The molecule has 3 heteroatoms. The largest absolute Gasteiger partial charge is 0.491 e. The van der Waals surface area contributed by atoms with Gasteiger partial charge in [0.2, 0.25) is 0 Å². The van der Waals surface area contributed by atoms with Crippen LogP contribution < -0.4 is 10.1 Å². The summed E-state index contributed by atoms with van der Waals surface area (Å²) in [6, 6.07) is 8.93. The van der Waals surface area contributed by atoms with E-state index in [0.29, 0.717) is 19.3 Å². The van der Waals surface area contributed by atoms with Gasteiger partial charge in [0.05, 0.1) is 6.61 Å². The van der Waals surface area contributed by atoms with Crippen molar-refractivity contribution in [1.82, 2.24) is 5.32 Å². The molecule has 100 valence electrons. The lowest BCUT2D eigenvalue weighted by Crippen LogP contribution is -2.35. The third-order valence-electron chi connectivity index (χ3n) is 3.40. The highest BCUT2D eigenvalue weighted by Crippen LogP contribution is 2.22. The number of hydrogen-bond donors (Lipinski definition) is 1. The maximum absolute atomic E-state index is 5.77. The van der Waals surface area contributed by atoms with Gasteiger partial charge in [-0.2, -0.15) is 0 Å². The molecular formula is C15H23NO2. The molecule has 0 spiro atoms. The molecule has 1 aliphatic heterocycles. The molecule has 0 radical (unpaired) electrons. The van der Waals surface area contributed by atoms with E-state index in [1.54, 1.807) is 7.11 Å². The molecule has 1 unspecified atom stereocenters. The Kier molecular flexibility index (Phi) is 5.49. The minimum atomic E-state index is 0.603. The number of ether oxygens (including phenoxy) is 2. The van der Waals surface area contributed by atoms with Crippen LogP contribution in [0.3, 0.4) is 0 Å². The standard InChI is InChI=1S/C15H23NO2/c1-17-10-11-18-15-8-3-2-6-13(15)12-14-7-4-5-9-16-14/h2-3,6,8,14,16H,4-5,7,9-12H2,1H3. The van der Waals surface area contributed by atoms with E-state index >= 15 is 0 Å². The highest BCUT2D eigenvalue weighted by Gasteiger charge is 2.15. The van der Waals surface area contributed by atoms with Crippen LogP contribution in [0.15, 0.2) is 24.3 Å². The van der Waals surface area contributed by atoms with E-state index in [1.807, 2.05) is 12.1 Å². The molecule has 0 aromatic heterocycles. The molecule has 2 rings (SSSR count). The topological polar surface area (TPSA) is 30.5 Å². The summed E-state index contributed by atoms with van der Waals surface area (Å²) in [7, 11) is 1.70. The van der Waals surface area contributed by atoms with Crippen molar-refractivity contribution in [3.8, 4) is 5.75 Å². The maximum Gasteiger partial charge on any atom is 0.122 e. The van der Waals surface area contributed by atoms with Crippen molar-refractivity contribution in [2.45, 2.75) is 31.7 Å². The highest BCUT2D eigenvalue weighted by molar-refractivity contribution is 5.34. The first-order valence-corrected chi connectivity index (χ1v) is 6.83. The summed E-state index contributed by atoms with van der Waals surface area (Å²) in [5.74, 6) is 1.00. The highest BCUT2D eigenvalue weighted by atomic mass is 16.5. The van der Waals surface area contributed by atoms with Crippen LogP contribution in [-0.2, 0) is 11.2 Å². The van der Waals surface area contributed by atoms with Gasteiger partial charge in [-0.3, -0.25) is 0 Å².